The molecular weight excluding hydrogens is 408 g/mol. The second-order valence-corrected chi connectivity index (χ2v) is 8.42. The number of benzene rings is 2. The van der Waals surface area contributed by atoms with Crippen LogP contribution in [0.1, 0.15) is 50.2 Å². The van der Waals surface area contributed by atoms with E-state index in [2.05, 4.69) is 34.9 Å². The number of aliphatic carboxylic acids is 1. The van der Waals surface area contributed by atoms with E-state index in [-0.39, 0.29) is 43.2 Å². The van der Waals surface area contributed by atoms with Gasteiger partial charge in [0.2, 0.25) is 5.91 Å². The summed E-state index contributed by atoms with van der Waals surface area (Å²) in [5, 5.41) is 14.3. The van der Waals surface area contributed by atoms with Crippen molar-refractivity contribution < 1.29 is 24.2 Å². The highest BCUT2D eigenvalue weighted by Crippen LogP contribution is 2.44. The molecule has 0 fully saturated rings. The summed E-state index contributed by atoms with van der Waals surface area (Å²) in [5.41, 5.74) is 4.66. The van der Waals surface area contributed by atoms with E-state index >= 15 is 0 Å². The third-order valence-electron chi connectivity index (χ3n) is 5.68. The summed E-state index contributed by atoms with van der Waals surface area (Å²) in [7, 11) is 0. The van der Waals surface area contributed by atoms with Crippen molar-refractivity contribution in [3.05, 3.63) is 59.7 Å². The Bertz CT molecular complexity index is 929. The zero-order valence-electron chi connectivity index (χ0n) is 18.5. The zero-order chi connectivity index (χ0) is 23.1. The third-order valence-corrected chi connectivity index (χ3v) is 5.68. The highest BCUT2D eigenvalue weighted by Gasteiger charge is 2.29. The van der Waals surface area contributed by atoms with Gasteiger partial charge >= 0.3 is 12.1 Å². The van der Waals surface area contributed by atoms with E-state index in [9.17, 15) is 14.4 Å². The number of nitrogens with one attached hydrogen (secondary N) is 2. The van der Waals surface area contributed by atoms with Gasteiger partial charge in [0.25, 0.3) is 0 Å². The number of hydrogen-bond acceptors (Lipinski definition) is 4. The minimum Gasteiger partial charge on any atom is -0.481 e. The number of rotatable bonds is 10. The van der Waals surface area contributed by atoms with Gasteiger partial charge in [-0.15, -0.1) is 0 Å². The number of ether oxygens (including phenoxy) is 1. The molecule has 0 aromatic heterocycles. The number of carbonyl (C=O) groups excluding carboxylic acids is 2. The van der Waals surface area contributed by atoms with Crippen LogP contribution in [-0.4, -0.2) is 42.3 Å². The Labute approximate surface area is 188 Å². The standard InChI is InChI=1S/C25H30N2O5/c1-16(13-24(29)30)14-26-23(28)12-11-17(2)27-25(31)32-15-22-20-9-5-3-7-18(20)19-8-4-6-10-21(19)22/h3-10,16-17,22H,11-15H2,1-2H3,(H,26,28)(H,27,31)(H,29,30). The molecule has 0 heterocycles. The lowest BCUT2D eigenvalue weighted by Gasteiger charge is -2.17. The molecule has 0 radical (unpaired) electrons. The number of amides is 2. The van der Waals surface area contributed by atoms with E-state index < -0.39 is 12.1 Å². The van der Waals surface area contributed by atoms with Crippen molar-refractivity contribution >= 4 is 18.0 Å². The highest BCUT2D eigenvalue weighted by molar-refractivity contribution is 5.79. The summed E-state index contributed by atoms with van der Waals surface area (Å²) < 4.78 is 5.53. The highest BCUT2D eigenvalue weighted by atomic mass is 16.5. The maximum atomic E-state index is 12.3. The minimum atomic E-state index is -0.882. The molecule has 0 bridgehead atoms. The molecule has 2 amide bonds. The third kappa shape index (κ3) is 6.09. The minimum absolute atomic E-state index is 0.00188. The molecule has 2 unspecified atom stereocenters. The maximum Gasteiger partial charge on any atom is 0.407 e. The average Bonchev–Trinajstić information content (AvgIpc) is 3.08. The lowest BCUT2D eigenvalue weighted by molar-refractivity contribution is -0.138. The van der Waals surface area contributed by atoms with Crippen LogP contribution in [0.3, 0.4) is 0 Å². The van der Waals surface area contributed by atoms with Gasteiger partial charge in [-0.1, -0.05) is 55.5 Å². The van der Waals surface area contributed by atoms with Gasteiger partial charge in [0, 0.05) is 31.3 Å². The van der Waals surface area contributed by atoms with Gasteiger partial charge in [-0.2, -0.15) is 0 Å². The van der Waals surface area contributed by atoms with E-state index in [1.54, 1.807) is 6.92 Å². The summed E-state index contributed by atoms with van der Waals surface area (Å²) in [6.07, 6.45) is 0.211. The first-order chi connectivity index (χ1) is 15.3. The van der Waals surface area contributed by atoms with Crippen LogP contribution in [0.25, 0.3) is 11.1 Å². The van der Waals surface area contributed by atoms with Crippen LogP contribution >= 0.6 is 0 Å². The zero-order valence-corrected chi connectivity index (χ0v) is 18.5. The van der Waals surface area contributed by atoms with E-state index in [1.165, 1.54) is 11.1 Å². The molecule has 1 aliphatic rings. The molecule has 0 saturated carbocycles. The smallest absolute Gasteiger partial charge is 0.407 e. The lowest BCUT2D eigenvalue weighted by Crippen LogP contribution is -2.35. The van der Waals surface area contributed by atoms with Gasteiger partial charge in [0.1, 0.15) is 6.61 Å². The predicted molar refractivity (Wildman–Crippen MR) is 121 cm³/mol. The summed E-state index contributed by atoms with van der Waals surface area (Å²) in [6, 6.07) is 16.1. The Morgan fingerprint density at radius 1 is 1.00 bits per heavy atom. The number of hydrogen-bond donors (Lipinski definition) is 3. The Hall–Kier alpha value is -3.35. The fourth-order valence-electron chi connectivity index (χ4n) is 4.01. The number of carboxylic acid groups (broad SMARTS) is 1. The number of alkyl carbamates (subject to hydrolysis) is 1. The van der Waals surface area contributed by atoms with Crippen LogP contribution in [0, 0.1) is 5.92 Å². The number of carboxylic acids is 1. The predicted octanol–water partition coefficient (Wildman–Crippen LogP) is 3.92. The van der Waals surface area contributed by atoms with E-state index in [4.69, 9.17) is 9.84 Å². The molecule has 7 heteroatoms. The fourth-order valence-corrected chi connectivity index (χ4v) is 4.01. The van der Waals surface area contributed by atoms with Gasteiger partial charge in [0.05, 0.1) is 0 Å². The van der Waals surface area contributed by atoms with E-state index in [0.29, 0.717) is 13.0 Å². The largest absolute Gasteiger partial charge is 0.481 e. The molecule has 170 valence electrons. The van der Waals surface area contributed by atoms with Gasteiger partial charge < -0.3 is 20.5 Å². The quantitative estimate of drug-likeness (QED) is 0.521. The summed E-state index contributed by atoms with van der Waals surface area (Å²) in [4.78, 5) is 34.9. The second kappa shape index (κ2) is 10.8. The van der Waals surface area contributed by atoms with Gasteiger partial charge in [-0.3, -0.25) is 9.59 Å². The SMILES string of the molecule is CC(CNC(=O)CCC(C)NC(=O)OCC1c2ccccc2-c2ccccc21)CC(=O)O. The van der Waals surface area contributed by atoms with Gasteiger partial charge in [0.15, 0.2) is 0 Å². The Balaban J connectivity index is 1.42. The molecule has 2 aromatic carbocycles. The molecule has 2 atom stereocenters. The van der Waals surface area contributed by atoms with Crippen LogP contribution in [0.5, 0.6) is 0 Å². The van der Waals surface area contributed by atoms with Crippen molar-refractivity contribution in [2.75, 3.05) is 13.2 Å². The van der Waals surface area contributed by atoms with Crippen molar-refractivity contribution in [3.63, 3.8) is 0 Å². The van der Waals surface area contributed by atoms with Crippen LogP contribution in [-0.2, 0) is 14.3 Å². The van der Waals surface area contributed by atoms with Crippen LogP contribution in [0.2, 0.25) is 0 Å². The lowest BCUT2D eigenvalue weighted by atomic mass is 9.98. The number of carbonyl (C=O) groups is 3. The molecule has 0 saturated heterocycles. The number of fused-ring (bicyclic) bond motifs is 3. The van der Waals surface area contributed by atoms with Crippen LogP contribution < -0.4 is 10.6 Å². The summed E-state index contributed by atoms with van der Waals surface area (Å²) in [5.74, 6) is -1.18. The van der Waals surface area contributed by atoms with Crippen molar-refractivity contribution in [1.82, 2.24) is 10.6 Å². The first-order valence-electron chi connectivity index (χ1n) is 10.9. The topological polar surface area (TPSA) is 105 Å². The van der Waals surface area contributed by atoms with Crippen molar-refractivity contribution in [1.29, 1.82) is 0 Å². The molecule has 3 N–H and O–H groups in total. The molecule has 32 heavy (non-hydrogen) atoms. The second-order valence-electron chi connectivity index (χ2n) is 8.42. The van der Waals surface area contributed by atoms with Crippen molar-refractivity contribution in [2.24, 2.45) is 5.92 Å². The Morgan fingerprint density at radius 2 is 1.59 bits per heavy atom. The molecule has 3 rings (SSSR count). The average molecular weight is 439 g/mol. The molecule has 0 aliphatic heterocycles. The molecule has 2 aromatic rings. The van der Waals surface area contributed by atoms with Crippen LogP contribution in [0.15, 0.2) is 48.5 Å². The molecule has 7 nitrogen and oxygen atoms in total. The van der Waals surface area contributed by atoms with Crippen molar-refractivity contribution in [2.45, 2.75) is 45.1 Å². The Morgan fingerprint density at radius 3 is 2.19 bits per heavy atom. The fraction of sp³-hybridized carbons (Fsp3) is 0.400. The summed E-state index contributed by atoms with van der Waals surface area (Å²) in [6.45, 7) is 4.16. The molecule has 0 spiro atoms. The molecule has 1 aliphatic carbocycles. The normalized spacial score (nSPS) is 14.1. The Kier molecular flexibility index (Phi) is 7.87. The van der Waals surface area contributed by atoms with E-state index in [1.807, 2.05) is 31.2 Å². The molecular formula is C25H30N2O5. The first kappa shape index (κ1) is 23.3. The summed E-state index contributed by atoms with van der Waals surface area (Å²) >= 11 is 0. The van der Waals surface area contributed by atoms with E-state index in [0.717, 1.165) is 11.1 Å². The first-order valence-corrected chi connectivity index (χ1v) is 10.9. The van der Waals surface area contributed by atoms with Crippen molar-refractivity contribution in [3.8, 4) is 11.1 Å². The van der Waals surface area contributed by atoms with Gasteiger partial charge in [-0.25, -0.2) is 4.79 Å². The van der Waals surface area contributed by atoms with Crippen LogP contribution in [0.4, 0.5) is 4.79 Å². The van der Waals surface area contributed by atoms with Gasteiger partial charge in [-0.05, 0) is 41.5 Å². The monoisotopic (exact) mass is 438 g/mol. The maximum absolute atomic E-state index is 12.3.